The summed E-state index contributed by atoms with van der Waals surface area (Å²) in [4.78, 5) is 36.2. The van der Waals surface area contributed by atoms with Crippen LogP contribution in [0.25, 0.3) is 0 Å². The van der Waals surface area contributed by atoms with E-state index < -0.39 is 11.9 Å². The van der Waals surface area contributed by atoms with Gasteiger partial charge < -0.3 is 15.7 Å². The van der Waals surface area contributed by atoms with E-state index in [0.29, 0.717) is 22.7 Å². The zero-order valence-electron chi connectivity index (χ0n) is 14.1. The monoisotopic (exact) mass is 360 g/mol. The number of para-hydroxylation sites is 1. The lowest BCUT2D eigenvalue weighted by molar-refractivity contribution is -0.138. The van der Waals surface area contributed by atoms with E-state index in [1.807, 2.05) is 32.0 Å². The highest BCUT2D eigenvalue weighted by molar-refractivity contribution is 7.16. The second-order valence-corrected chi connectivity index (χ2v) is 6.68. The van der Waals surface area contributed by atoms with E-state index in [1.54, 1.807) is 12.1 Å². The molecule has 1 aromatic carbocycles. The highest BCUT2D eigenvalue weighted by atomic mass is 32.1. The molecule has 7 heteroatoms. The largest absolute Gasteiger partial charge is 0.481 e. The fourth-order valence-electron chi connectivity index (χ4n) is 2.46. The Morgan fingerprint density at radius 3 is 2.36 bits per heavy atom. The molecule has 3 N–H and O–H groups in total. The summed E-state index contributed by atoms with van der Waals surface area (Å²) in [6.07, 6.45) is 0.278. The molecule has 1 aromatic heterocycles. The van der Waals surface area contributed by atoms with Gasteiger partial charge in [-0.25, -0.2) is 0 Å². The number of amides is 2. The molecular formula is C18H20N2O4S. The maximum atomic E-state index is 12.7. The molecule has 1 heterocycles. The van der Waals surface area contributed by atoms with E-state index in [9.17, 15) is 14.4 Å². The van der Waals surface area contributed by atoms with Crippen LogP contribution < -0.4 is 10.6 Å². The molecule has 0 aliphatic heterocycles. The van der Waals surface area contributed by atoms with Gasteiger partial charge >= 0.3 is 5.97 Å². The third-order valence-electron chi connectivity index (χ3n) is 3.64. The Bertz CT molecular complexity index is 784. The summed E-state index contributed by atoms with van der Waals surface area (Å²) in [6.45, 7) is 3.85. The smallest absolute Gasteiger partial charge is 0.303 e. The summed E-state index contributed by atoms with van der Waals surface area (Å²) in [7, 11) is 0. The fourth-order valence-corrected chi connectivity index (χ4v) is 3.62. The minimum atomic E-state index is -1.03. The zero-order valence-corrected chi connectivity index (χ0v) is 14.9. The minimum Gasteiger partial charge on any atom is -0.481 e. The number of aliphatic carboxylic acids is 1. The molecule has 0 saturated heterocycles. The van der Waals surface area contributed by atoms with Gasteiger partial charge in [-0.3, -0.25) is 14.4 Å². The average molecular weight is 360 g/mol. The molecule has 2 aromatic rings. The molecule has 2 amide bonds. The molecule has 6 nitrogen and oxygen atoms in total. The number of hydrogen-bond donors (Lipinski definition) is 3. The number of carbonyl (C=O) groups excluding carboxylic acids is 2. The van der Waals surface area contributed by atoms with E-state index >= 15 is 0 Å². The number of aryl methyl sites for hydroxylation is 1. The molecule has 0 bridgehead atoms. The van der Waals surface area contributed by atoms with Gasteiger partial charge in [0.15, 0.2) is 0 Å². The summed E-state index contributed by atoms with van der Waals surface area (Å²) >= 11 is 1.33. The standard InChI is InChI=1S/C18H20N2O4S/c1-3-13-11(2)25-18(20-14(21)9-10-15(22)23)16(13)17(24)19-12-7-5-4-6-8-12/h4-8H,3,9-10H2,1-2H3,(H,19,24)(H,20,21)(H,22,23). The second kappa shape index (κ2) is 8.43. The third kappa shape index (κ3) is 4.90. The molecule has 0 saturated carbocycles. The number of thiophene rings is 1. The van der Waals surface area contributed by atoms with Crippen molar-refractivity contribution in [2.24, 2.45) is 0 Å². The number of anilines is 2. The van der Waals surface area contributed by atoms with Crippen LogP contribution in [0.5, 0.6) is 0 Å². The van der Waals surface area contributed by atoms with Gasteiger partial charge in [-0.2, -0.15) is 0 Å². The van der Waals surface area contributed by atoms with Gasteiger partial charge in [0.1, 0.15) is 5.00 Å². The van der Waals surface area contributed by atoms with Crippen molar-refractivity contribution in [1.29, 1.82) is 0 Å². The first-order valence-electron chi connectivity index (χ1n) is 7.92. The van der Waals surface area contributed by atoms with Gasteiger partial charge in [-0.05, 0) is 31.0 Å². The van der Waals surface area contributed by atoms with Crippen LogP contribution in [0.2, 0.25) is 0 Å². The van der Waals surface area contributed by atoms with Crippen molar-refractivity contribution in [3.8, 4) is 0 Å². The first-order valence-corrected chi connectivity index (χ1v) is 8.74. The van der Waals surface area contributed by atoms with Gasteiger partial charge in [-0.1, -0.05) is 25.1 Å². The highest BCUT2D eigenvalue weighted by Gasteiger charge is 2.22. The molecule has 25 heavy (non-hydrogen) atoms. The topological polar surface area (TPSA) is 95.5 Å². The highest BCUT2D eigenvalue weighted by Crippen LogP contribution is 2.34. The van der Waals surface area contributed by atoms with Crippen LogP contribution in [0.1, 0.15) is 40.6 Å². The van der Waals surface area contributed by atoms with Gasteiger partial charge in [0.25, 0.3) is 5.91 Å². The quantitative estimate of drug-likeness (QED) is 0.702. The lowest BCUT2D eigenvalue weighted by Gasteiger charge is -2.09. The van der Waals surface area contributed by atoms with E-state index in [2.05, 4.69) is 10.6 Å². The Balaban J connectivity index is 2.24. The lowest BCUT2D eigenvalue weighted by Crippen LogP contribution is -2.18. The molecule has 132 valence electrons. The zero-order chi connectivity index (χ0) is 18.4. The first kappa shape index (κ1) is 18.7. The molecular weight excluding hydrogens is 340 g/mol. The SMILES string of the molecule is CCc1c(C)sc(NC(=O)CCC(=O)O)c1C(=O)Nc1ccccc1. The van der Waals surface area contributed by atoms with Crippen LogP contribution in [-0.2, 0) is 16.0 Å². The van der Waals surface area contributed by atoms with E-state index in [1.165, 1.54) is 11.3 Å². The van der Waals surface area contributed by atoms with E-state index in [-0.39, 0.29) is 18.7 Å². The second-order valence-electron chi connectivity index (χ2n) is 5.46. The number of rotatable bonds is 7. The number of benzene rings is 1. The van der Waals surface area contributed by atoms with Crippen LogP contribution in [0.4, 0.5) is 10.7 Å². The number of carboxylic acid groups (broad SMARTS) is 1. The molecule has 0 aliphatic rings. The maximum Gasteiger partial charge on any atom is 0.303 e. The molecule has 0 radical (unpaired) electrons. The van der Waals surface area contributed by atoms with Crippen molar-refractivity contribution >= 4 is 39.8 Å². The van der Waals surface area contributed by atoms with Crippen LogP contribution >= 0.6 is 11.3 Å². The van der Waals surface area contributed by atoms with Crippen molar-refractivity contribution in [3.05, 3.63) is 46.3 Å². The predicted octanol–water partition coefficient (Wildman–Crippen LogP) is 3.67. The van der Waals surface area contributed by atoms with E-state index in [4.69, 9.17) is 5.11 Å². The molecule has 0 fully saturated rings. The van der Waals surface area contributed by atoms with Crippen LogP contribution in [0.15, 0.2) is 30.3 Å². The Morgan fingerprint density at radius 1 is 1.08 bits per heavy atom. The normalized spacial score (nSPS) is 10.3. The van der Waals surface area contributed by atoms with Crippen molar-refractivity contribution in [1.82, 2.24) is 0 Å². The number of carbonyl (C=O) groups is 3. The molecule has 2 rings (SSSR count). The minimum absolute atomic E-state index is 0.131. The molecule has 0 spiro atoms. The average Bonchev–Trinajstić information content (AvgIpc) is 2.89. The van der Waals surface area contributed by atoms with Crippen molar-refractivity contribution in [2.75, 3.05) is 10.6 Å². The first-order chi connectivity index (χ1) is 11.9. The van der Waals surface area contributed by atoms with Crippen LogP contribution in [0.3, 0.4) is 0 Å². The Kier molecular flexibility index (Phi) is 6.30. The summed E-state index contributed by atoms with van der Waals surface area (Å²) in [5.74, 6) is -1.74. The number of hydrogen-bond acceptors (Lipinski definition) is 4. The Morgan fingerprint density at radius 2 is 1.76 bits per heavy atom. The van der Waals surface area contributed by atoms with Gasteiger partial charge in [-0.15, -0.1) is 11.3 Å². The number of carboxylic acids is 1. The van der Waals surface area contributed by atoms with Crippen molar-refractivity contribution in [3.63, 3.8) is 0 Å². The lowest BCUT2D eigenvalue weighted by atomic mass is 10.1. The molecule has 0 aliphatic carbocycles. The summed E-state index contributed by atoms with van der Waals surface area (Å²) in [5.41, 5.74) is 1.99. The third-order valence-corrected chi connectivity index (χ3v) is 4.70. The van der Waals surface area contributed by atoms with Crippen LogP contribution in [-0.4, -0.2) is 22.9 Å². The predicted molar refractivity (Wildman–Crippen MR) is 98.3 cm³/mol. The van der Waals surface area contributed by atoms with Crippen molar-refractivity contribution in [2.45, 2.75) is 33.1 Å². The summed E-state index contributed by atoms with van der Waals surface area (Å²) < 4.78 is 0. The maximum absolute atomic E-state index is 12.7. The van der Waals surface area contributed by atoms with Crippen LogP contribution in [0, 0.1) is 6.92 Å². The fraction of sp³-hybridized carbons (Fsp3) is 0.278. The number of nitrogens with one attached hydrogen (secondary N) is 2. The summed E-state index contributed by atoms with van der Waals surface area (Å²) in [6, 6.07) is 9.07. The molecule has 0 unspecified atom stereocenters. The summed E-state index contributed by atoms with van der Waals surface area (Å²) in [5, 5.41) is 14.7. The van der Waals surface area contributed by atoms with Gasteiger partial charge in [0, 0.05) is 17.0 Å². The molecule has 0 atom stereocenters. The van der Waals surface area contributed by atoms with Gasteiger partial charge in [0.2, 0.25) is 5.91 Å². The van der Waals surface area contributed by atoms with Gasteiger partial charge in [0.05, 0.1) is 12.0 Å². The van der Waals surface area contributed by atoms with Crippen molar-refractivity contribution < 1.29 is 19.5 Å². The Labute approximate surface area is 149 Å². The van der Waals surface area contributed by atoms with E-state index in [0.717, 1.165) is 10.4 Å². The Hall–Kier alpha value is -2.67.